The van der Waals surface area contributed by atoms with Crippen molar-refractivity contribution in [3.8, 4) is 40.2 Å². The molecule has 1 N–H and O–H groups in total. The van der Waals surface area contributed by atoms with Crippen LogP contribution in [0.5, 0.6) is 40.2 Å². The van der Waals surface area contributed by atoms with Crippen LogP contribution in [0.2, 0.25) is 0 Å². The van der Waals surface area contributed by atoms with Crippen molar-refractivity contribution in [2.75, 3.05) is 7.11 Å². The molecule has 0 saturated heterocycles. The van der Waals surface area contributed by atoms with Gasteiger partial charge in [-0.15, -0.1) is 0 Å². The van der Waals surface area contributed by atoms with E-state index in [0.717, 1.165) is 28.5 Å². The molecule has 0 bridgehead atoms. The van der Waals surface area contributed by atoms with E-state index in [1.165, 1.54) is 24.3 Å². The number of hydrogen-bond donors (Lipinski definition) is 1. The van der Waals surface area contributed by atoms with E-state index in [2.05, 4.69) is 26.0 Å². The van der Waals surface area contributed by atoms with Crippen molar-refractivity contribution in [2.24, 2.45) is 0 Å². The van der Waals surface area contributed by atoms with E-state index < -0.39 is 15.0 Å². The number of aryl methyl sites for hydroxylation is 1. The zero-order chi connectivity index (χ0) is 41.7. The zero-order valence-corrected chi connectivity index (χ0v) is 33.5. The molecule has 10 heteroatoms. The van der Waals surface area contributed by atoms with Crippen LogP contribution in [0, 0.1) is 6.92 Å². The summed E-state index contributed by atoms with van der Waals surface area (Å²) in [6.07, 6.45) is 0. The molecule has 0 aliphatic rings. The lowest BCUT2D eigenvalue weighted by Crippen LogP contribution is -2.18. The summed E-state index contributed by atoms with van der Waals surface area (Å²) in [5.74, 6) is 2.22. The van der Waals surface area contributed by atoms with Gasteiger partial charge in [-0.2, -0.15) is 8.42 Å². The quantitative estimate of drug-likeness (QED) is 0.0844. The van der Waals surface area contributed by atoms with Gasteiger partial charge < -0.3 is 18.9 Å². The summed E-state index contributed by atoms with van der Waals surface area (Å²) in [5, 5.41) is 0. The van der Waals surface area contributed by atoms with Gasteiger partial charge in [0.1, 0.15) is 45.1 Å². The smallest absolute Gasteiger partial charge is 0.298 e. The van der Waals surface area contributed by atoms with Gasteiger partial charge in [0, 0.05) is 33.7 Å². The van der Waals surface area contributed by atoms with Gasteiger partial charge in [-0.05, 0) is 127 Å². The molecule has 0 unspecified atom stereocenters. The molecule has 0 aliphatic heterocycles. The molecule has 0 aliphatic carbocycles. The lowest BCUT2D eigenvalue weighted by molar-refractivity contribution is 0.103. The fraction of sp³-hybridized carbons (Fsp3) is 0.102. The maximum absolute atomic E-state index is 13.3. The van der Waals surface area contributed by atoms with Crippen molar-refractivity contribution >= 4 is 21.7 Å². The van der Waals surface area contributed by atoms with E-state index in [9.17, 15) is 22.6 Å². The Morgan fingerprint density at radius 2 is 0.814 bits per heavy atom. The fourth-order valence-corrected chi connectivity index (χ4v) is 7.04. The van der Waals surface area contributed by atoms with E-state index in [0.29, 0.717) is 39.5 Å². The molecular weight excluding hydrogens is 765 g/mol. The van der Waals surface area contributed by atoms with Crippen molar-refractivity contribution in [1.82, 2.24) is 0 Å². The summed E-state index contributed by atoms with van der Waals surface area (Å²) in [6.45, 7) is 6.27. The van der Waals surface area contributed by atoms with Gasteiger partial charge in [-0.3, -0.25) is 14.1 Å². The summed E-state index contributed by atoms with van der Waals surface area (Å²) in [4.78, 5) is 25.7. The summed E-state index contributed by atoms with van der Waals surface area (Å²) in [6, 6.07) is 46.7. The van der Waals surface area contributed by atoms with Crippen molar-refractivity contribution < 1.29 is 41.5 Å². The molecule has 0 saturated carbocycles. The summed E-state index contributed by atoms with van der Waals surface area (Å²) in [7, 11) is -3.08. The molecule has 0 amide bonds. The second kappa shape index (κ2) is 16.8. The van der Waals surface area contributed by atoms with Gasteiger partial charge in [0.2, 0.25) is 0 Å². The number of ether oxygens (including phenoxy) is 4. The molecule has 9 nitrogen and oxygen atoms in total. The first-order valence-corrected chi connectivity index (χ1v) is 20.1. The normalized spacial score (nSPS) is 11.4. The molecule has 296 valence electrons. The van der Waals surface area contributed by atoms with Gasteiger partial charge in [0.05, 0.1) is 7.11 Å². The zero-order valence-electron chi connectivity index (χ0n) is 32.7. The maximum atomic E-state index is 13.3. The van der Waals surface area contributed by atoms with Crippen LogP contribution in [0.3, 0.4) is 0 Å². The molecule has 7 rings (SSSR count). The molecule has 7 aromatic carbocycles. The molecule has 0 fully saturated rings. The highest BCUT2D eigenvalue weighted by Crippen LogP contribution is 2.36. The van der Waals surface area contributed by atoms with Crippen LogP contribution >= 0.6 is 0 Å². The highest BCUT2D eigenvalue weighted by molar-refractivity contribution is 7.86. The van der Waals surface area contributed by atoms with Crippen LogP contribution in [0.25, 0.3) is 0 Å². The van der Waals surface area contributed by atoms with Crippen molar-refractivity contribution in [3.05, 3.63) is 203 Å². The third-order valence-electron chi connectivity index (χ3n) is 9.94. The third-order valence-corrected chi connectivity index (χ3v) is 10.8. The van der Waals surface area contributed by atoms with Crippen molar-refractivity contribution in [1.29, 1.82) is 0 Å². The second-order valence-corrected chi connectivity index (χ2v) is 15.8. The second-order valence-electron chi connectivity index (χ2n) is 14.4. The largest absolute Gasteiger partial charge is 0.497 e. The van der Waals surface area contributed by atoms with Gasteiger partial charge in [0.15, 0.2) is 11.6 Å². The van der Waals surface area contributed by atoms with E-state index in [-0.39, 0.29) is 34.2 Å². The maximum Gasteiger partial charge on any atom is 0.298 e. The van der Waals surface area contributed by atoms with E-state index >= 15 is 0 Å². The van der Waals surface area contributed by atoms with Crippen molar-refractivity contribution in [2.45, 2.75) is 31.1 Å². The standard InChI is InChI=1S/C49H40O9S/c1-32-5-7-33(8-6-32)47(50)36-13-23-43(24-14-36)58-45-30-29-44(31-46(45)59(52,53)54)57-41-21-11-35(12-22-41)48(51)34-9-19-40(20-10-34)56-42-27-17-38(18-28-42)49(2,3)37-15-25-39(55-4)26-16-37/h5-31H,1-4H3,(H,52,53,54). The monoisotopic (exact) mass is 804 g/mol. The molecule has 59 heavy (non-hydrogen) atoms. The minimum Gasteiger partial charge on any atom is -0.497 e. The number of carbonyl (C=O) groups is 2. The Hall–Kier alpha value is -7.01. The van der Waals surface area contributed by atoms with Crippen LogP contribution in [-0.2, 0) is 15.5 Å². The lowest BCUT2D eigenvalue weighted by Gasteiger charge is -2.26. The molecule has 0 spiro atoms. The van der Waals surface area contributed by atoms with E-state index in [1.807, 2.05) is 55.5 Å². The van der Waals surface area contributed by atoms with Crippen LogP contribution < -0.4 is 18.9 Å². The predicted molar refractivity (Wildman–Crippen MR) is 225 cm³/mol. The number of benzene rings is 7. The van der Waals surface area contributed by atoms with Crippen LogP contribution in [0.4, 0.5) is 0 Å². The molecular formula is C49H40O9S. The third kappa shape index (κ3) is 9.42. The summed E-state index contributed by atoms with van der Waals surface area (Å²) < 4.78 is 57.8. The number of methoxy groups -OCH3 is 1. The lowest BCUT2D eigenvalue weighted by atomic mass is 9.78. The van der Waals surface area contributed by atoms with Crippen LogP contribution in [0.15, 0.2) is 169 Å². The Labute approximate surface area is 343 Å². The SMILES string of the molecule is COc1ccc(C(C)(C)c2ccc(Oc3ccc(C(=O)c4ccc(Oc5ccc(Oc6ccc(C(=O)c7ccc(C)cc7)cc6)c(S(=O)(=O)O)c5)cc4)cc3)cc2)cc1. The van der Waals surface area contributed by atoms with Gasteiger partial charge in [-0.25, -0.2) is 0 Å². The number of rotatable bonds is 14. The highest BCUT2D eigenvalue weighted by atomic mass is 32.2. The Balaban J connectivity index is 0.968. The minimum absolute atomic E-state index is 0.106. The Morgan fingerprint density at radius 1 is 0.475 bits per heavy atom. The van der Waals surface area contributed by atoms with Crippen molar-refractivity contribution in [3.63, 3.8) is 0 Å². The van der Waals surface area contributed by atoms with Gasteiger partial charge in [0.25, 0.3) is 10.1 Å². The topological polar surface area (TPSA) is 125 Å². The molecule has 0 aromatic heterocycles. The molecule has 7 aromatic rings. The van der Waals surface area contributed by atoms with E-state index in [4.69, 9.17) is 18.9 Å². The Bertz CT molecular complexity index is 2700. The minimum atomic E-state index is -4.73. The van der Waals surface area contributed by atoms with Gasteiger partial charge in [-0.1, -0.05) is 67.9 Å². The molecule has 0 radical (unpaired) electrons. The average Bonchev–Trinajstić information content (AvgIpc) is 3.24. The molecule has 0 heterocycles. The Morgan fingerprint density at radius 3 is 1.22 bits per heavy atom. The number of ketones is 2. The molecule has 0 atom stereocenters. The first-order chi connectivity index (χ1) is 28.3. The average molecular weight is 805 g/mol. The van der Waals surface area contributed by atoms with Crippen LogP contribution in [0.1, 0.15) is 62.4 Å². The predicted octanol–water partition coefficient (Wildman–Crippen LogP) is 11.4. The summed E-state index contributed by atoms with van der Waals surface area (Å²) >= 11 is 0. The van der Waals surface area contributed by atoms with E-state index in [1.54, 1.807) is 79.9 Å². The fourth-order valence-electron chi connectivity index (χ4n) is 6.41. The Kier molecular flexibility index (Phi) is 11.5. The van der Waals surface area contributed by atoms with Gasteiger partial charge >= 0.3 is 0 Å². The summed E-state index contributed by atoms with van der Waals surface area (Å²) in [5.41, 5.74) is 4.95. The number of hydrogen-bond acceptors (Lipinski definition) is 8. The first kappa shape index (κ1) is 40.2. The number of carbonyl (C=O) groups excluding carboxylic acids is 2. The highest BCUT2D eigenvalue weighted by Gasteiger charge is 2.24. The van der Waals surface area contributed by atoms with Crippen LogP contribution in [-0.4, -0.2) is 31.6 Å². The first-order valence-electron chi connectivity index (χ1n) is 18.6.